The van der Waals surface area contributed by atoms with Gasteiger partial charge in [0.1, 0.15) is 5.75 Å². The van der Waals surface area contributed by atoms with E-state index in [2.05, 4.69) is 11.0 Å². The lowest BCUT2D eigenvalue weighted by atomic mass is 9.86. The van der Waals surface area contributed by atoms with Gasteiger partial charge >= 0.3 is 0 Å². The van der Waals surface area contributed by atoms with Crippen molar-refractivity contribution >= 4 is 35.0 Å². The van der Waals surface area contributed by atoms with Crippen LogP contribution in [0.1, 0.15) is 24.8 Å². The average molecular weight is 426 g/mol. The first kappa shape index (κ1) is 19.7. The molecule has 0 N–H and O–H groups in total. The Morgan fingerprint density at radius 1 is 1.28 bits per heavy atom. The van der Waals surface area contributed by atoms with Crippen LogP contribution in [0.5, 0.6) is 5.75 Å². The largest absolute Gasteiger partial charge is 0.494 e. The lowest BCUT2D eigenvalue weighted by Crippen LogP contribution is -2.47. The molecule has 29 heavy (non-hydrogen) atoms. The van der Waals surface area contributed by atoms with Crippen molar-refractivity contribution in [2.45, 2.75) is 19.3 Å². The highest BCUT2D eigenvalue weighted by Crippen LogP contribution is 2.43. The number of benzene rings is 2. The van der Waals surface area contributed by atoms with Gasteiger partial charge in [0.25, 0.3) is 0 Å². The number of fused-ring (bicyclic) bond motifs is 1. The van der Waals surface area contributed by atoms with Crippen molar-refractivity contribution in [1.82, 2.24) is 4.90 Å². The maximum atomic E-state index is 13.0. The summed E-state index contributed by atoms with van der Waals surface area (Å²) in [6.45, 7) is 2.96. The van der Waals surface area contributed by atoms with E-state index in [1.165, 1.54) is 11.8 Å². The Kier molecular flexibility index (Phi) is 5.70. The molecule has 2 heterocycles. The number of rotatable bonds is 4. The predicted molar refractivity (Wildman–Crippen MR) is 116 cm³/mol. The summed E-state index contributed by atoms with van der Waals surface area (Å²) >= 11 is 7.64. The second-order valence-corrected chi connectivity index (χ2v) is 8.22. The van der Waals surface area contributed by atoms with E-state index in [9.17, 15) is 10.1 Å². The van der Waals surface area contributed by atoms with E-state index < -0.39 is 0 Å². The SMILES string of the molecule is CCOc1ccc([C@H]2CC(=O)N3CN(c4cccc(Cl)c4)CSC3=C2C#N)cc1. The molecule has 2 aromatic rings. The fraction of sp³-hybridized carbons (Fsp3) is 0.273. The van der Waals surface area contributed by atoms with Gasteiger partial charge in [-0.15, -0.1) is 0 Å². The van der Waals surface area contributed by atoms with Gasteiger partial charge in [0.05, 0.1) is 35.8 Å². The van der Waals surface area contributed by atoms with Crippen LogP contribution in [0.2, 0.25) is 5.02 Å². The highest BCUT2D eigenvalue weighted by molar-refractivity contribution is 8.03. The zero-order chi connectivity index (χ0) is 20.4. The van der Waals surface area contributed by atoms with Crippen molar-refractivity contribution in [3.63, 3.8) is 0 Å². The molecule has 4 rings (SSSR count). The van der Waals surface area contributed by atoms with Gasteiger partial charge in [-0.1, -0.05) is 41.6 Å². The highest BCUT2D eigenvalue weighted by atomic mass is 35.5. The molecule has 2 aromatic carbocycles. The minimum Gasteiger partial charge on any atom is -0.494 e. The first-order valence-corrected chi connectivity index (χ1v) is 10.8. The Labute approximate surface area is 179 Å². The van der Waals surface area contributed by atoms with Gasteiger partial charge in [-0.3, -0.25) is 9.69 Å². The quantitative estimate of drug-likeness (QED) is 0.693. The second-order valence-electron chi connectivity index (χ2n) is 6.85. The molecule has 0 unspecified atom stereocenters. The summed E-state index contributed by atoms with van der Waals surface area (Å²) in [7, 11) is 0. The topological polar surface area (TPSA) is 56.6 Å². The number of nitrogens with zero attached hydrogens (tertiary/aromatic N) is 3. The van der Waals surface area contributed by atoms with E-state index in [0.29, 0.717) is 29.7 Å². The lowest BCUT2D eigenvalue weighted by molar-refractivity contribution is -0.129. The minimum absolute atomic E-state index is 0.0251. The number of amides is 1. The fourth-order valence-corrected chi connectivity index (χ4v) is 5.00. The third kappa shape index (κ3) is 3.93. The van der Waals surface area contributed by atoms with Crippen molar-refractivity contribution in [3.05, 3.63) is 69.7 Å². The number of allylic oxidation sites excluding steroid dienone is 1. The van der Waals surface area contributed by atoms with Crippen LogP contribution >= 0.6 is 23.4 Å². The summed E-state index contributed by atoms with van der Waals surface area (Å²) in [6, 6.07) is 17.6. The summed E-state index contributed by atoms with van der Waals surface area (Å²) in [5, 5.41) is 11.3. The molecule has 1 atom stereocenters. The van der Waals surface area contributed by atoms with Crippen molar-refractivity contribution in [1.29, 1.82) is 5.26 Å². The number of hydrogen-bond donors (Lipinski definition) is 0. The Morgan fingerprint density at radius 2 is 2.07 bits per heavy atom. The molecule has 7 heteroatoms. The van der Waals surface area contributed by atoms with Crippen LogP contribution in [-0.4, -0.2) is 30.0 Å². The Balaban J connectivity index is 1.62. The molecule has 1 fully saturated rings. The molecule has 0 spiro atoms. The first-order valence-electron chi connectivity index (χ1n) is 9.41. The second kappa shape index (κ2) is 8.40. The molecular formula is C22H20ClN3O2S. The maximum absolute atomic E-state index is 13.0. The number of hydrogen-bond acceptors (Lipinski definition) is 5. The van der Waals surface area contributed by atoms with Crippen LogP contribution in [0, 0.1) is 11.3 Å². The van der Waals surface area contributed by atoms with Gasteiger partial charge in [0.2, 0.25) is 5.91 Å². The normalized spacial score (nSPS) is 19.1. The zero-order valence-electron chi connectivity index (χ0n) is 16.0. The molecule has 2 aliphatic heterocycles. The van der Waals surface area contributed by atoms with Gasteiger partial charge in [0, 0.05) is 23.0 Å². The van der Waals surface area contributed by atoms with Crippen LogP contribution in [0.25, 0.3) is 0 Å². The molecular weight excluding hydrogens is 406 g/mol. The predicted octanol–water partition coefficient (Wildman–Crippen LogP) is 4.96. The lowest BCUT2D eigenvalue weighted by Gasteiger charge is -2.42. The van der Waals surface area contributed by atoms with Gasteiger partial charge in [-0.05, 0) is 42.8 Å². The van der Waals surface area contributed by atoms with Crippen molar-refractivity contribution in [3.8, 4) is 11.8 Å². The maximum Gasteiger partial charge on any atom is 0.229 e. The molecule has 5 nitrogen and oxygen atoms in total. The van der Waals surface area contributed by atoms with Gasteiger partial charge < -0.3 is 9.64 Å². The van der Waals surface area contributed by atoms with Crippen LogP contribution in [0.3, 0.4) is 0 Å². The summed E-state index contributed by atoms with van der Waals surface area (Å²) < 4.78 is 5.50. The molecule has 1 amide bonds. The Hall–Kier alpha value is -2.62. The van der Waals surface area contributed by atoms with E-state index in [1.54, 1.807) is 4.90 Å². The van der Waals surface area contributed by atoms with Crippen LogP contribution < -0.4 is 9.64 Å². The van der Waals surface area contributed by atoms with Gasteiger partial charge in [-0.2, -0.15) is 5.26 Å². The van der Waals surface area contributed by atoms with E-state index in [-0.39, 0.29) is 18.2 Å². The minimum atomic E-state index is -0.223. The highest BCUT2D eigenvalue weighted by Gasteiger charge is 2.38. The number of carbonyl (C=O) groups excluding carboxylic acids is 1. The fourth-order valence-electron chi connectivity index (χ4n) is 3.65. The molecule has 148 valence electrons. The van der Waals surface area contributed by atoms with Crippen molar-refractivity contribution in [2.75, 3.05) is 24.1 Å². The van der Waals surface area contributed by atoms with Crippen LogP contribution in [-0.2, 0) is 4.79 Å². The molecule has 2 aliphatic rings. The van der Waals surface area contributed by atoms with E-state index in [1.807, 2.05) is 55.5 Å². The number of nitriles is 1. The summed E-state index contributed by atoms with van der Waals surface area (Å²) in [5.41, 5.74) is 2.58. The summed E-state index contributed by atoms with van der Waals surface area (Å²) in [6.07, 6.45) is 0.282. The molecule has 0 bridgehead atoms. The van der Waals surface area contributed by atoms with E-state index in [4.69, 9.17) is 16.3 Å². The first-order chi connectivity index (χ1) is 14.1. The Bertz CT molecular complexity index is 1000. The van der Waals surface area contributed by atoms with Crippen molar-refractivity contribution in [2.24, 2.45) is 0 Å². The Morgan fingerprint density at radius 3 is 2.76 bits per heavy atom. The molecule has 0 saturated carbocycles. The molecule has 0 aliphatic carbocycles. The third-order valence-electron chi connectivity index (χ3n) is 5.06. The van der Waals surface area contributed by atoms with Gasteiger partial charge in [0.15, 0.2) is 0 Å². The number of thioether (sulfide) groups is 1. The number of anilines is 1. The van der Waals surface area contributed by atoms with Crippen molar-refractivity contribution < 1.29 is 9.53 Å². The molecule has 0 aromatic heterocycles. The van der Waals surface area contributed by atoms with Crippen LogP contribution in [0.15, 0.2) is 59.1 Å². The summed E-state index contributed by atoms with van der Waals surface area (Å²) in [5.74, 6) is 1.24. The van der Waals surface area contributed by atoms with E-state index >= 15 is 0 Å². The van der Waals surface area contributed by atoms with E-state index in [0.717, 1.165) is 22.0 Å². The number of halogens is 1. The zero-order valence-corrected chi connectivity index (χ0v) is 17.5. The van der Waals surface area contributed by atoms with Gasteiger partial charge in [-0.25, -0.2) is 0 Å². The molecule has 1 saturated heterocycles. The van der Waals surface area contributed by atoms with Crippen LogP contribution in [0.4, 0.5) is 5.69 Å². The monoisotopic (exact) mass is 425 g/mol. The third-order valence-corrected chi connectivity index (χ3v) is 6.45. The average Bonchev–Trinajstić information content (AvgIpc) is 2.74. The number of carbonyl (C=O) groups is 1. The summed E-state index contributed by atoms with van der Waals surface area (Å²) in [4.78, 5) is 16.8. The smallest absolute Gasteiger partial charge is 0.229 e. The molecule has 0 radical (unpaired) electrons. The standard InChI is InChI=1S/C22H20ClN3O2S/c1-2-28-18-8-6-15(7-9-18)19-11-21(27)26-13-25(14-29-22(26)20(19)12-24)17-5-3-4-16(23)10-17/h3-10,19H,2,11,13-14H2,1H3/t19-/m1/s1. The number of ether oxygens (including phenoxy) is 1.